The van der Waals surface area contributed by atoms with Gasteiger partial charge < -0.3 is 24.8 Å². The molecular weight excluding hydrogens is 344 g/mol. The Morgan fingerprint density at radius 3 is 2.63 bits per heavy atom. The summed E-state index contributed by atoms with van der Waals surface area (Å²) in [4.78, 5) is 14.9. The van der Waals surface area contributed by atoms with Gasteiger partial charge in [0.2, 0.25) is 0 Å². The van der Waals surface area contributed by atoms with Crippen molar-refractivity contribution < 1.29 is 19.4 Å². The highest BCUT2D eigenvalue weighted by molar-refractivity contribution is 6.10. The highest BCUT2D eigenvalue weighted by Crippen LogP contribution is 2.34. The lowest BCUT2D eigenvalue weighted by Gasteiger charge is -2.29. The molecule has 1 heterocycles. The Labute approximate surface area is 159 Å². The Hall–Kier alpha value is -2.99. The molecule has 3 rings (SSSR count). The van der Waals surface area contributed by atoms with E-state index in [1.54, 1.807) is 12.1 Å². The van der Waals surface area contributed by atoms with Gasteiger partial charge in [-0.05, 0) is 23.8 Å². The Bertz CT molecular complexity index is 842. The zero-order valence-electron chi connectivity index (χ0n) is 15.6. The summed E-state index contributed by atoms with van der Waals surface area (Å²) in [6, 6.07) is 11.0. The maximum Gasteiger partial charge on any atom is 0.193 e. The Morgan fingerprint density at radius 2 is 1.93 bits per heavy atom. The molecule has 1 saturated heterocycles. The molecule has 0 saturated carbocycles. The second-order valence-corrected chi connectivity index (χ2v) is 6.25. The lowest BCUT2D eigenvalue weighted by Crippen LogP contribution is -2.43. The Morgan fingerprint density at radius 1 is 1.15 bits per heavy atom. The van der Waals surface area contributed by atoms with Crippen molar-refractivity contribution >= 4 is 17.5 Å². The van der Waals surface area contributed by atoms with Crippen LogP contribution < -0.4 is 19.7 Å². The van der Waals surface area contributed by atoms with Gasteiger partial charge in [0, 0.05) is 44.0 Å². The summed E-state index contributed by atoms with van der Waals surface area (Å²) >= 11 is 0. The maximum atomic E-state index is 12.6. The monoisotopic (exact) mass is 368 g/mol. The molecule has 6 nitrogen and oxygen atoms in total. The molecule has 6 heteroatoms. The second-order valence-electron chi connectivity index (χ2n) is 6.25. The highest BCUT2D eigenvalue weighted by Gasteiger charge is 2.17. The van der Waals surface area contributed by atoms with Crippen molar-refractivity contribution in [3.05, 3.63) is 53.6 Å². The number of ketones is 1. The number of carbonyl (C=O) groups excluding carboxylic acids is 1. The number of piperazine rings is 1. The van der Waals surface area contributed by atoms with Crippen LogP contribution >= 0.6 is 0 Å². The summed E-state index contributed by atoms with van der Waals surface area (Å²) in [5.41, 5.74) is 2.18. The first-order valence-electron chi connectivity index (χ1n) is 8.85. The lowest BCUT2D eigenvalue weighted by molar-refractivity contribution is 0.104. The summed E-state index contributed by atoms with van der Waals surface area (Å²) in [6.45, 7) is 3.86. The minimum atomic E-state index is -0.334. The number of anilines is 1. The van der Waals surface area contributed by atoms with Crippen LogP contribution in [0.15, 0.2) is 42.5 Å². The number of phenols is 1. The third-order valence-corrected chi connectivity index (χ3v) is 4.54. The topological polar surface area (TPSA) is 71.0 Å². The number of methoxy groups -OCH3 is 2. The Balaban J connectivity index is 1.81. The molecule has 0 aromatic heterocycles. The minimum absolute atomic E-state index is 0.118. The first-order chi connectivity index (χ1) is 13.1. The summed E-state index contributed by atoms with van der Waals surface area (Å²) in [5.74, 6) is 0.194. The van der Waals surface area contributed by atoms with Gasteiger partial charge in [0.15, 0.2) is 5.78 Å². The number of hydrogen-bond acceptors (Lipinski definition) is 6. The van der Waals surface area contributed by atoms with Crippen molar-refractivity contribution in [2.24, 2.45) is 0 Å². The van der Waals surface area contributed by atoms with Crippen LogP contribution in [0.25, 0.3) is 6.08 Å². The highest BCUT2D eigenvalue weighted by atomic mass is 16.5. The van der Waals surface area contributed by atoms with Crippen LogP contribution in [-0.4, -0.2) is 51.3 Å². The first kappa shape index (κ1) is 18.8. The SMILES string of the molecule is COc1cc(O)c(C(=O)/C=C/c2cccc(N3CCNCC3)c2)c(OC)c1. The quantitative estimate of drug-likeness (QED) is 0.603. The molecular formula is C21H24N2O4. The fourth-order valence-corrected chi connectivity index (χ4v) is 3.11. The van der Waals surface area contributed by atoms with Crippen LogP contribution in [0.3, 0.4) is 0 Å². The Kier molecular flexibility index (Phi) is 5.98. The number of phenolic OH excluding ortho intramolecular Hbond substituents is 1. The molecule has 2 aromatic rings. The normalized spacial score (nSPS) is 14.4. The molecule has 1 aliphatic rings. The van der Waals surface area contributed by atoms with E-state index in [9.17, 15) is 9.90 Å². The largest absolute Gasteiger partial charge is 0.507 e. The molecule has 0 bridgehead atoms. The van der Waals surface area contributed by atoms with Gasteiger partial charge in [0.05, 0.1) is 14.2 Å². The lowest BCUT2D eigenvalue weighted by atomic mass is 10.1. The zero-order valence-corrected chi connectivity index (χ0v) is 15.6. The van der Waals surface area contributed by atoms with Crippen LogP contribution in [0.4, 0.5) is 5.69 Å². The fourth-order valence-electron chi connectivity index (χ4n) is 3.11. The number of nitrogens with zero attached hydrogens (tertiary/aromatic N) is 1. The number of aromatic hydroxyl groups is 1. The molecule has 0 spiro atoms. The minimum Gasteiger partial charge on any atom is -0.507 e. The van der Waals surface area contributed by atoms with Crippen molar-refractivity contribution in [3.8, 4) is 17.2 Å². The smallest absolute Gasteiger partial charge is 0.193 e. The van der Waals surface area contributed by atoms with Crippen molar-refractivity contribution in [1.82, 2.24) is 5.32 Å². The predicted molar refractivity (Wildman–Crippen MR) is 106 cm³/mol. The van der Waals surface area contributed by atoms with Crippen LogP contribution in [0.1, 0.15) is 15.9 Å². The molecule has 0 aliphatic carbocycles. The van der Waals surface area contributed by atoms with Crippen LogP contribution in [0, 0.1) is 0 Å². The van der Waals surface area contributed by atoms with Crippen molar-refractivity contribution in [1.29, 1.82) is 0 Å². The zero-order chi connectivity index (χ0) is 19.2. The van der Waals surface area contributed by atoms with Gasteiger partial charge in [0.1, 0.15) is 22.8 Å². The number of carbonyl (C=O) groups is 1. The number of nitrogens with one attached hydrogen (secondary N) is 1. The van der Waals surface area contributed by atoms with Gasteiger partial charge in [-0.15, -0.1) is 0 Å². The number of hydrogen-bond donors (Lipinski definition) is 2. The van der Waals surface area contributed by atoms with Crippen LogP contribution in [-0.2, 0) is 0 Å². The van der Waals surface area contributed by atoms with E-state index < -0.39 is 0 Å². The van der Waals surface area contributed by atoms with Gasteiger partial charge >= 0.3 is 0 Å². The summed E-state index contributed by atoms with van der Waals surface area (Å²) < 4.78 is 10.3. The summed E-state index contributed by atoms with van der Waals surface area (Å²) in [5, 5.41) is 13.5. The van der Waals surface area contributed by atoms with Gasteiger partial charge in [-0.2, -0.15) is 0 Å². The van der Waals surface area contributed by atoms with Gasteiger partial charge in [0.25, 0.3) is 0 Å². The number of allylic oxidation sites excluding steroid dienone is 1. The molecule has 2 N–H and O–H groups in total. The van der Waals surface area contributed by atoms with E-state index in [2.05, 4.69) is 22.3 Å². The van der Waals surface area contributed by atoms with Crippen molar-refractivity contribution in [3.63, 3.8) is 0 Å². The molecule has 142 valence electrons. The van der Waals surface area contributed by atoms with Crippen molar-refractivity contribution in [2.75, 3.05) is 45.3 Å². The molecule has 0 radical (unpaired) electrons. The first-order valence-corrected chi connectivity index (χ1v) is 8.85. The molecule has 1 fully saturated rings. The van der Waals surface area contributed by atoms with Crippen molar-refractivity contribution in [2.45, 2.75) is 0 Å². The molecule has 1 aliphatic heterocycles. The molecule has 0 amide bonds. The van der Waals surface area contributed by atoms with Gasteiger partial charge in [-0.3, -0.25) is 4.79 Å². The molecule has 27 heavy (non-hydrogen) atoms. The van der Waals surface area contributed by atoms with E-state index >= 15 is 0 Å². The second kappa shape index (κ2) is 8.60. The van der Waals surface area contributed by atoms with Crippen LogP contribution in [0.5, 0.6) is 17.2 Å². The average Bonchev–Trinajstić information content (AvgIpc) is 2.72. The third kappa shape index (κ3) is 4.41. The van der Waals surface area contributed by atoms with E-state index in [0.29, 0.717) is 5.75 Å². The van der Waals surface area contributed by atoms with Gasteiger partial charge in [-0.1, -0.05) is 18.2 Å². The van der Waals surface area contributed by atoms with E-state index in [4.69, 9.17) is 9.47 Å². The van der Waals surface area contributed by atoms with Gasteiger partial charge in [-0.25, -0.2) is 0 Å². The molecule has 0 unspecified atom stereocenters. The average molecular weight is 368 g/mol. The number of rotatable bonds is 6. The summed E-state index contributed by atoms with van der Waals surface area (Å²) in [6.07, 6.45) is 3.19. The summed E-state index contributed by atoms with van der Waals surface area (Å²) in [7, 11) is 2.94. The predicted octanol–water partition coefficient (Wildman–Crippen LogP) is 2.72. The fraction of sp³-hybridized carbons (Fsp3) is 0.286. The van der Waals surface area contributed by atoms with E-state index in [-0.39, 0.29) is 22.8 Å². The third-order valence-electron chi connectivity index (χ3n) is 4.54. The van der Waals surface area contributed by atoms with E-state index in [1.165, 1.54) is 26.4 Å². The molecule has 0 atom stereocenters. The molecule has 2 aromatic carbocycles. The van der Waals surface area contributed by atoms with E-state index in [0.717, 1.165) is 37.4 Å². The van der Waals surface area contributed by atoms with E-state index in [1.807, 2.05) is 12.1 Å². The van der Waals surface area contributed by atoms with Crippen LogP contribution in [0.2, 0.25) is 0 Å². The number of ether oxygens (including phenoxy) is 2. The standard InChI is InChI=1S/C21H24N2O4/c1-26-17-13-19(25)21(20(14-17)27-2)18(24)7-6-15-4-3-5-16(12-15)23-10-8-22-9-11-23/h3-7,12-14,22,25H,8-11H2,1-2H3/b7-6+. The maximum absolute atomic E-state index is 12.6. The number of benzene rings is 2.